The van der Waals surface area contributed by atoms with Crippen LogP contribution in [0.3, 0.4) is 0 Å². The number of ether oxygens (including phenoxy) is 1. The molecule has 2 aromatic rings. The van der Waals surface area contributed by atoms with Gasteiger partial charge >= 0.3 is 0 Å². The van der Waals surface area contributed by atoms with E-state index in [-0.39, 0.29) is 10.8 Å². The smallest absolute Gasteiger partial charge is 0.184 e. The molecule has 3 heteroatoms. The molecule has 0 bridgehead atoms. The highest BCUT2D eigenvalue weighted by Gasteiger charge is 2.28. The first-order valence-corrected chi connectivity index (χ1v) is 13.9. The van der Waals surface area contributed by atoms with Gasteiger partial charge in [-0.15, -0.1) is 0 Å². The molecular formula is C31H40ClFO. The third-order valence-electron chi connectivity index (χ3n) is 8.08. The van der Waals surface area contributed by atoms with Gasteiger partial charge in [0.2, 0.25) is 0 Å². The van der Waals surface area contributed by atoms with Gasteiger partial charge in [-0.2, -0.15) is 0 Å². The molecule has 1 nitrogen and oxygen atoms in total. The van der Waals surface area contributed by atoms with Gasteiger partial charge in [-0.1, -0.05) is 87.9 Å². The molecule has 0 N–H and O–H groups in total. The molecular weight excluding hydrogens is 443 g/mol. The molecule has 1 unspecified atom stereocenters. The van der Waals surface area contributed by atoms with Crippen LogP contribution in [0.15, 0.2) is 42.5 Å². The van der Waals surface area contributed by atoms with Crippen LogP contribution in [-0.2, 0) is 0 Å². The lowest BCUT2D eigenvalue weighted by Gasteiger charge is -2.35. The van der Waals surface area contributed by atoms with E-state index in [1.807, 2.05) is 6.07 Å². The summed E-state index contributed by atoms with van der Waals surface area (Å²) in [5, 5.41) is 0.134. The maximum atomic E-state index is 14.7. The molecule has 0 radical (unpaired) electrons. The number of halogens is 2. The Hall–Kier alpha value is -1.80. The number of rotatable bonds is 9. The fourth-order valence-corrected chi connectivity index (χ4v) is 6.22. The van der Waals surface area contributed by atoms with Crippen molar-refractivity contribution in [2.24, 2.45) is 17.8 Å². The van der Waals surface area contributed by atoms with Gasteiger partial charge in [-0.25, -0.2) is 4.39 Å². The number of hydrogen-bond acceptors (Lipinski definition) is 1. The van der Waals surface area contributed by atoms with E-state index in [4.69, 9.17) is 16.3 Å². The van der Waals surface area contributed by atoms with Crippen LogP contribution in [0.2, 0.25) is 5.02 Å². The highest BCUT2D eigenvalue weighted by Crippen LogP contribution is 2.42. The Kier molecular flexibility index (Phi) is 9.11. The summed E-state index contributed by atoms with van der Waals surface area (Å²) < 4.78 is 20.3. The van der Waals surface area contributed by atoms with Gasteiger partial charge in [-0.05, 0) is 85.1 Å². The third kappa shape index (κ3) is 6.06. The minimum Gasteiger partial charge on any atom is -0.490 e. The maximum Gasteiger partial charge on any atom is 0.184 e. The van der Waals surface area contributed by atoms with E-state index in [1.54, 1.807) is 6.07 Å². The number of unbranched alkanes of at least 4 members (excludes halogenated alkanes) is 1. The largest absolute Gasteiger partial charge is 0.490 e. The monoisotopic (exact) mass is 482 g/mol. The first-order chi connectivity index (χ1) is 16.6. The second kappa shape index (κ2) is 12.2. The molecule has 1 atom stereocenters. The molecule has 0 spiro atoms. The van der Waals surface area contributed by atoms with Crippen molar-refractivity contribution in [2.45, 2.75) is 84.5 Å². The van der Waals surface area contributed by atoms with Crippen LogP contribution < -0.4 is 4.74 Å². The van der Waals surface area contributed by atoms with Gasteiger partial charge in [-0.3, -0.25) is 0 Å². The van der Waals surface area contributed by atoms with Crippen molar-refractivity contribution in [2.75, 3.05) is 6.61 Å². The Morgan fingerprint density at radius 3 is 2.26 bits per heavy atom. The fraction of sp³-hybridized carbons (Fsp3) is 0.548. The Morgan fingerprint density at radius 1 is 0.882 bits per heavy atom. The van der Waals surface area contributed by atoms with Crippen LogP contribution in [0.4, 0.5) is 4.39 Å². The molecule has 0 saturated heterocycles. The second-order valence-electron chi connectivity index (χ2n) is 10.4. The Labute approximate surface area is 210 Å². The highest BCUT2D eigenvalue weighted by atomic mass is 35.5. The molecule has 184 valence electrons. The minimum absolute atomic E-state index is 0.134. The molecule has 0 heterocycles. The Bertz CT molecular complexity index is 956. The van der Waals surface area contributed by atoms with Crippen molar-refractivity contribution in [3.63, 3.8) is 0 Å². The second-order valence-corrected chi connectivity index (χ2v) is 10.7. The summed E-state index contributed by atoms with van der Waals surface area (Å²) in [6.07, 6.45) is 16.6. The minimum atomic E-state index is -0.468. The lowest BCUT2D eigenvalue weighted by atomic mass is 9.70. The van der Waals surface area contributed by atoms with Crippen LogP contribution in [0.25, 0.3) is 16.7 Å². The molecule has 1 saturated carbocycles. The Morgan fingerprint density at radius 2 is 1.62 bits per heavy atom. The number of allylic oxidation sites excluding steroid dienone is 2. The van der Waals surface area contributed by atoms with E-state index in [2.05, 4.69) is 44.2 Å². The van der Waals surface area contributed by atoms with Crippen LogP contribution in [0.5, 0.6) is 5.75 Å². The van der Waals surface area contributed by atoms with E-state index in [0.29, 0.717) is 12.2 Å². The predicted octanol–water partition coefficient (Wildman–Crippen LogP) is 10.1. The predicted molar refractivity (Wildman–Crippen MR) is 143 cm³/mol. The van der Waals surface area contributed by atoms with Crippen LogP contribution in [0.1, 0.15) is 90.0 Å². The molecule has 0 aliphatic heterocycles. The van der Waals surface area contributed by atoms with Crippen molar-refractivity contribution in [3.05, 3.63) is 58.9 Å². The lowest BCUT2D eigenvalue weighted by Crippen LogP contribution is -2.23. The average Bonchev–Trinajstić information content (AvgIpc) is 2.88. The van der Waals surface area contributed by atoms with Gasteiger partial charge in [0.15, 0.2) is 11.6 Å². The van der Waals surface area contributed by atoms with Crippen LogP contribution in [0, 0.1) is 23.6 Å². The molecule has 1 fully saturated rings. The standard InChI is InChI=1S/C31H40ClFO/c1-3-5-21-34-29-20-19-28(30(32)31(29)33)27-17-15-26(16-18-27)25-13-11-24(12-14-25)23-9-7-22(6-4-2)8-10-23/h13,15-20,22-24H,3-12,14,21H2,1-2H3. The van der Waals surface area contributed by atoms with Crippen molar-refractivity contribution >= 4 is 17.2 Å². The molecule has 2 aliphatic rings. The van der Waals surface area contributed by atoms with Crippen molar-refractivity contribution in [3.8, 4) is 16.9 Å². The average molecular weight is 483 g/mol. The molecule has 2 aromatic carbocycles. The maximum absolute atomic E-state index is 14.7. The summed E-state index contributed by atoms with van der Waals surface area (Å²) in [5.41, 5.74) is 4.39. The summed E-state index contributed by atoms with van der Waals surface area (Å²) >= 11 is 6.38. The van der Waals surface area contributed by atoms with Crippen LogP contribution >= 0.6 is 11.6 Å². The Balaban J connectivity index is 1.37. The summed E-state index contributed by atoms with van der Waals surface area (Å²) in [6.45, 7) is 4.91. The van der Waals surface area contributed by atoms with Gasteiger partial charge in [0.05, 0.1) is 11.6 Å². The zero-order chi connectivity index (χ0) is 23.9. The highest BCUT2D eigenvalue weighted by molar-refractivity contribution is 6.33. The fourth-order valence-electron chi connectivity index (χ4n) is 5.96. The summed E-state index contributed by atoms with van der Waals surface area (Å²) in [7, 11) is 0. The molecule has 0 aromatic heterocycles. The molecule has 4 rings (SSSR count). The van der Waals surface area contributed by atoms with Gasteiger partial charge in [0, 0.05) is 5.56 Å². The quantitative estimate of drug-likeness (QED) is 0.323. The summed E-state index contributed by atoms with van der Waals surface area (Å²) in [4.78, 5) is 0. The number of benzene rings is 2. The first-order valence-electron chi connectivity index (χ1n) is 13.5. The molecule has 0 amide bonds. The van der Waals surface area contributed by atoms with Gasteiger partial charge in [0.1, 0.15) is 0 Å². The summed E-state index contributed by atoms with van der Waals surface area (Å²) in [5.74, 6) is 2.55. The van der Waals surface area contributed by atoms with Crippen LogP contribution in [-0.4, -0.2) is 6.61 Å². The lowest BCUT2D eigenvalue weighted by molar-refractivity contribution is 0.189. The summed E-state index contributed by atoms with van der Waals surface area (Å²) in [6, 6.07) is 12.0. The zero-order valence-corrected chi connectivity index (χ0v) is 21.7. The van der Waals surface area contributed by atoms with Crippen molar-refractivity contribution in [1.29, 1.82) is 0 Å². The van der Waals surface area contributed by atoms with E-state index in [0.717, 1.165) is 42.6 Å². The molecule has 34 heavy (non-hydrogen) atoms. The normalized spacial score (nSPS) is 22.9. The van der Waals surface area contributed by atoms with E-state index < -0.39 is 5.82 Å². The van der Waals surface area contributed by atoms with Gasteiger partial charge < -0.3 is 4.74 Å². The van der Waals surface area contributed by atoms with E-state index >= 15 is 0 Å². The molecule has 2 aliphatic carbocycles. The first kappa shape index (κ1) is 25.3. The van der Waals surface area contributed by atoms with E-state index in [1.165, 1.54) is 62.5 Å². The van der Waals surface area contributed by atoms with E-state index in [9.17, 15) is 4.39 Å². The van der Waals surface area contributed by atoms with Crippen molar-refractivity contribution in [1.82, 2.24) is 0 Å². The topological polar surface area (TPSA) is 9.23 Å². The van der Waals surface area contributed by atoms with Crippen molar-refractivity contribution < 1.29 is 9.13 Å². The number of hydrogen-bond donors (Lipinski definition) is 0. The third-order valence-corrected chi connectivity index (χ3v) is 8.45. The SMILES string of the molecule is CCCCOc1ccc(-c2ccc(C3=CCC(C4CCC(CCC)CC4)CC3)cc2)c(Cl)c1F. The zero-order valence-electron chi connectivity index (χ0n) is 20.9. The van der Waals surface area contributed by atoms with Gasteiger partial charge in [0.25, 0.3) is 0 Å².